The first-order valence-electron chi connectivity index (χ1n) is 8.99. The van der Waals surface area contributed by atoms with E-state index in [9.17, 15) is 9.59 Å². The first-order valence-corrected chi connectivity index (χ1v) is 8.99. The fraction of sp³-hybridized carbons (Fsp3) is 0.333. The molecule has 6 nitrogen and oxygen atoms in total. The predicted molar refractivity (Wildman–Crippen MR) is 106 cm³/mol. The van der Waals surface area contributed by atoms with Crippen molar-refractivity contribution in [2.24, 2.45) is 0 Å². The van der Waals surface area contributed by atoms with Gasteiger partial charge < -0.3 is 20.3 Å². The van der Waals surface area contributed by atoms with Crippen LogP contribution in [0.15, 0.2) is 48.5 Å². The zero-order valence-corrected chi connectivity index (χ0v) is 16.1. The van der Waals surface area contributed by atoms with Crippen LogP contribution in [-0.2, 0) is 24.3 Å². The van der Waals surface area contributed by atoms with E-state index < -0.39 is 0 Å². The van der Waals surface area contributed by atoms with E-state index in [2.05, 4.69) is 29.7 Å². The van der Waals surface area contributed by atoms with Gasteiger partial charge in [-0.1, -0.05) is 43.3 Å². The molecule has 144 valence electrons. The zero-order chi connectivity index (χ0) is 19.6. The number of carbonyl (C=O) groups is 2. The highest BCUT2D eigenvalue weighted by Crippen LogP contribution is 2.13. The Balaban J connectivity index is 1.77. The Morgan fingerprint density at radius 2 is 1.56 bits per heavy atom. The number of likely N-dealkylation sites (N-methyl/N-ethyl adjacent to an activating group) is 1. The van der Waals surface area contributed by atoms with Crippen LogP contribution in [0.4, 0.5) is 4.79 Å². The van der Waals surface area contributed by atoms with E-state index >= 15 is 0 Å². The van der Waals surface area contributed by atoms with Crippen molar-refractivity contribution in [3.8, 4) is 5.75 Å². The molecule has 0 spiro atoms. The SMILES string of the molecule is CCc1ccc(CNC(=O)NCc2cccc(OCC(=O)N(C)C)c2)cc1. The van der Waals surface area contributed by atoms with Gasteiger partial charge in [0.05, 0.1) is 0 Å². The first-order chi connectivity index (χ1) is 13.0. The number of benzene rings is 2. The van der Waals surface area contributed by atoms with Gasteiger partial charge in [0.15, 0.2) is 6.61 Å². The molecule has 0 bridgehead atoms. The second kappa shape index (κ2) is 10.2. The van der Waals surface area contributed by atoms with Gasteiger partial charge in [-0.15, -0.1) is 0 Å². The minimum atomic E-state index is -0.233. The van der Waals surface area contributed by atoms with Gasteiger partial charge in [-0.05, 0) is 35.2 Å². The Labute approximate surface area is 160 Å². The van der Waals surface area contributed by atoms with Crippen LogP contribution in [0.25, 0.3) is 0 Å². The Hall–Kier alpha value is -3.02. The highest BCUT2D eigenvalue weighted by molar-refractivity contribution is 5.77. The summed E-state index contributed by atoms with van der Waals surface area (Å²) in [5.74, 6) is 0.491. The van der Waals surface area contributed by atoms with Crippen molar-refractivity contribution in [2.45, 2.75) is 26.4 Å². The van der Waals surface area contributed by atoms with E-state index in [0.717, 1.165) is 17.5 Å². The average Bonchev–Trinajstić information content (AvgIpc) is 2.69. The lowest BCUT2D eigenvalue weighted by Gasteiger charge is -2.12. The van der Waals surface area contributed by atoms with E-state index in [1.54, 1.807) is 20.2 Å². The van der Waals surface area contributed by atoms with E-state index in [4.69, 9.17) is 4.74 Å². The van der Waals surface area contributed by atoms with E-state index in [1.165, 1.54) is 10.5 Å². The number of rotatable bonds is 8. The maximum atomic E-state index is 12.0. The molecule has 0 aromatic heterocycles. The number of carbonyl (C=O) groups excluding carboxylic acids is 2. The van der Waals surface area contributed by atoms with Crippen LogP contribution < -0.4 is 15.4 Å². The van der Waals surface area contributed by atoms with Crippen LogP contribution in [0.2, 0.25) is 0 Å². The number of ether oxygens (including phenoxy) is 1. The van der Waals surface area contributed by atoms with Crippen LogP contribution in [0, 0.1) is 0 Å². The maximum Gasteiger partial charge on any atom is 0.315 e. The highest BCUT2D eigenvalue weighted by Gasteiger charge is 2.06. The van der Waals surface area contributed by atoms with Gasteiger partial charge in [-0.3, -0.25) is 4.79 Å². The molecular weight excluding hydrogens is 342 g/mol. The Morgan fingerprint density at radius 3 is 2.19 bits per heavy atom. The first kappa shape index (κ1) is 20.3. The van der Waals surface area contributed by atoms with Crippen LogP contribution in [0.3, 0.4) is 0 Å². The Kier molecular flexibility index (Phi) is 7.67. The molecule has 2 aromatic carbocycles. The van der Waals surface area contributed by atoms with E-state index in [0.29, 0.717) is 18.8 Å². The molecule has 0 radical (unpaired) electrons. The summed E-state index contributed by atoms with van der Waals surface area (Å²) in [5, 5.41) is 5.66. The topological polar surface area (TPSA) is 70.7 Å². The predicted octanol–water partition coefficient (Wildman–Crippen LogP) is 2.72. The average molecular weight is 369 g/mol. The lowest BCUT2D eigenvalue weighted by Crippen LogP contribution is -2.34. The zero-order valence-electron chi connectivity index (χ0n) is 16.1. The van der Waals surface area contributed by atoms with Crippen molar-refractivity contribution in [1.82, 2.24) is 15.5 Å². The summed E-state index contributed by atoms with van der Waals surface area (Å²) >= 11 is 0. The third-order valence-electron chi connectivity index (χ3n) is 4.10. The molecule has 6 heteroatoms. The van der Waals surface area contributed by atoms with Gasteiger partial charge >= 0.3 is 6.03 Å². The number of urea groups is 1. The summed E-state index contributed by atoms with van der Waals surface area (Å²) in [7, 11) is 3.37. The molecule has 0 saturated carbocycles. The molecule has 27 heavy (non-hydrogen) atoms. The number of aryl methyl sites for hydroxylation is 1. The van der Waals surface area contributed by atoms with E-state index in [1.807, 2.05) is 30.3 Å². The lowest BCUT2D eigenvalue weighted by atomic mass is 10.1. The summed E-state index contributed by atoms with van der Waals surface area (Å²) in [4.78, 5) is 25.0. The molecule has 3 amide bonds. The molecule has 2 aromatic rings. The number of nitrogens with one attached hydrogen (secondary N) is 2. The summed E-state index contributed by atoms with van der Waals surface area (Å²) in [6.45, 7) is 2.95. The molecule has 2 rings (SSSR count). The van der Waals surface area contributed by atoms with Gasteiger partial charge in [0.2, 0.25) is 0 Å². The fourth-order valence-electron chi connectivity index (χ4n) is 2.34. The smallest absolute Gasteiger partial charge is 0.315 e. The lowest BCUT2D eigenvalue weighted by molar-refractivity contribution is -0.130. The van der Waals surface area contributed by atoms with Gasteiger partial charge in [0.1, 0.15) is 5.75 Å². The number of hydrogen-bond donors (Lipinski definition) is 2. The Bertz CT molecular complexity index is 758. The van der Waals surface area contributed by atoms with Gasteiger partial charge in [-0.25, -0.2) is 4.79 Å². The third-order valence-corrected chi connectivity index (χ3v) is 4.10. The standard InChI is InChI=1S/C21H27N3O3/c1-4-16-8-10-17(11-9-16)13-22-21(26)23-14-18-6-5-7-19(12-18)27-15-20(25)24(2)3/h5-12H,4,13-15H2,1-3H3,(H2,22,23,26). The molecule has 0 unspecified atom stereocenters. The molecule has 0 aliphatic heterocycles. The molecule has 0 fully saturated rings. The number of amides is 3. The minimum absolute atomic E-state index is 0.0127. The fourth-order valence-corrected chi connectivity index (χ4v) is 2.34. The molecule has 2 N–H and O–H groups in total. The minimum Gasteiger partial charge on any atom is -0.484 e. The van der Waals surface area contributed by atoms with Crippen molar-refractivity contribution >= 4 is 11.9 Å². The summed E-state index contributed by atoms with van der Waals surface area (Å²) in [6.07, 6.45) is 1.00. The van der Waals surface area contributed by atoms with Crippen LogP contribution in [0.5, 0.6) is 5.75 Å². The van der Waals surface area contributed by atoms with Gasteiger partial charge in [0, 0.05) is 27.2 Å². The summed E-state index contributed by atoms with van der Waals surface area (Å²) in [6, 6.07) is 15.3. The molecule has 0 aliphatic carbocycles. The van der Waals surface area contributed by atoms with Crippen molar-refractivity contribution < 1.29 is 14.3 Å². The number of hydrogen-bond acceptors (Lipinski definition) is 3. The molecule has 0 aliphatic rings. The summed E-state index contributed by atoms with van der Waals surface area (Å²) < 4.78 is 5.48. The van der Waals surface area contributed by atoms with Crippen molar-refractivity contribution in [3.05, 3.63) is 65.2 Å². The largest absolute Gasteiger partial charge is 0.484 e. The van der Waals surface area contributed by atoms with Gasteiger partial charge in [0.25, 0.3) is 5.91 Å². The summed E-state index contributed by atoms with van der Waals surface area (Å²) in [5.41, 5.74) is 3.23. The maximum absolute atomic E-state index is 12.0. The van der Waals surface area contributed by atoms with Gasteiger partial charge in [-0.2, -0.15) is 0 Å². The van der Waals surface area contributed by atoms with Crippen molar-refractivity contribution in [3.63, 3.8) is 0 Å². The third kappa shape index (κ3) is 7.01. The van der Waals surface area contributed by atoms with Crippen molar-refractivity contribution in [1.29, 1.82) is 0 Å². The van der Waals surface area contributed by atoms with E-state index in [-0.39, 0.29) is 18.5 Å². The molecule has 0 saturated heterocycles. The van der Waals surface area contributed by atoms with Crippen LogP contribution in [-0.4, -0.2) is 37.5 Å². The highest BCUT2D eigenvalue weighted by atomic mass is 16.5. The second-order valence-electron chi connectivity index (χ2n) is 6.43. The monoisotopic (exact) mass is 369 g/mol. The second-order valence-corrected chi connectivity index (χ2v) is 6.43. The quantitative estimate of drug-likeness (QED) is 0.752. The molecule has 0 heterocycles. The van der Waals surface area contributed by atoms with Crippen molar-refractivity contribution in [2.75, 3.05) is 20.7 Å². The van der Waals surface area contributed by atoms with Crippen LogP contribution >= 0.6 is 0 Å². The molecule has 0 atom stereocenters. The molecular formula is C21H27N3O3. The normalized spacial score (nSPS) is 10.2. The Morgan fingerprint density at radius 1 is 0.926 bits per heavy atom. The van der Waals surface area contributed by atoms with Crippen LogP contribution in [0.1, 0.15) is 23.6 Å². The number of nitrogens with zero attached hydrogens (tertiary/aromatic N) is 1.